The van der Waals surface area contributed by atoms with Gasteiger partial charge in [-0.1, -0.05) is 13.3 Å². The molecule has 0 aliphatic carbocycles. The van der Waals surface area contributed by atoms with Crippen molar-refractivity contribution in [3.8, 4) is 5.75 Å². The van der Waals surface area contributed by atoms with Crippen LogP contribution >= 0.6 is 28.3 Å². The summed E-state index contributed by atoms with van der Waals surface area (Å²) in [6.45, 7) is 1.89. The molecule has 0 bridgehead atoms. The molecule has 0 aromatic heterocycles. The number of aromatic hydroxyl groups is 1. The van der Waals surface area contributed by atoms with Gasteiger partial charge < -0.3 is 15.9 Å². The lowest BCUT2D eigenvalue weighted by molar-refractivity contribution is -0.385. The number of nitro benzene ring substituents is 1. The van der Waals surface area contributed by atoms with Crippen LogP contribution < -0.4 is 5.73 Å². The molecule has 0 spiro atoms. The fourth-order valence-electron chi connectivity index (χ4n) is 1.65. The van der Waals surface area contributed by atoms with Gasteiger partial charge in [-0.15, -0.1) is 12.4 Å². The largest absolute Gasteiger partial charge is 0.506 e. The van der Waals surface area contributed by atoms with Gasteiger partial charge in [0.25, 0.3) is 5.69 Å². The van der Waals surface area contributed by atoms with Gasteiger partial charge >= 0.3 is 0 Å². The zero-order chi connectivity index (χ0) is 13.9. The standard InChI is InChI=1S/C11H15BrN2O4.ClH/c1-2-3-9(15)10(13)7-4-6(14(17)18)5-8(12)11(7)16;/h4-5,9-10,15-16H,2-3,13H2,1H3;1H/t9-,10+;/m1./s1. The summed E-state index contributed by atoms with van der Waals surface area (Å²) in [4.78, 5) is 10.2. The molecule has 0 fully saturated rings. The number of benzene rings is 1. The zero-order valence-corrected chi connectivity index (χ0v) is 12.6. The van der Waals surface area contributed by atoms with E-state index in [1.54, 1.807) is 0 Å². The minimum atomic E-state index is -0.860. The molecule has 0 saturated heterocycles. The van der Waals surface area contributed by atoms with Crippen molar-refractivity contribution in [2.75, 3.05) is 0 Å². The molecule has 0 aliphatic rings. The third kappa shape index (κ3) is 4.31. The van der Waals surface area contributed by atoms with Crippen molar-refractivity contribution in [3.63, 3.8) is 0 Å². The maximum absolute atomic E-state index is 10.7. The monoisotopic (exact) mass is 354 g/mol. The van der Waals surface area contributed by atoms with E-state index in [-0.39, 0.29) is 33.9 Å². The molecule has 1 rings (SSSR count). The summed E-state index contributed by atoms with van der Waals surface area (Å²) in [5.41, 5.74) is 5.79. The maximum atomic E-state index is 10.7. The number of phenols is 1. The molecule has 0 saturated carbocycles. The molecule has 19 heavy (non-hydrogen) atoms. The second-order valence-corrected chi connectivity index (χ2v) is 4.86. The van der Waals surface area contributed by atoms with E-state index in [1.807, 2.05) is 6.92 Å². The van der Waals surface area contributed by atoms with Crippen LogP contribution in [-0.4, -0.2) is 21.2 Å². The van der Waals surface area contributed by atoms with Crippen molar-refractivity contribution < 1.29 is 15.1 Å². The smallest absolute Gasteiger partial charge is 0.271 e. The van der Waals surface area contributed by atoms with E-state index in [2.05, 4.69) is 15.9 Å². The van der Waals surface area contributed by atoms with E-state index in [0.717, 1.165) is 6.42 Å². The van der Waals surface area contributed by atoms with Crippen molar-refractivity contribution in [2.24, 2.45) is 5.73 Å². The number of hydrogen-bond acceptors (Lipinski definition) is 5. The average molecular weight is 356 g/mol. The van der Waals surface area contributed by atoms with Gasteiger partial charge in [0.05, 0.1) is 21.5 Å². The topological polar surface area (TPSA) is 110 Å². The predicted octanol–water partition coefficient (Wildman–Crippen LogP) is 2.65. The van der Waals surface area contributed by atoms with Crippen molar-refractivity contribution in [1.29, 1.82) is 0 Å². The van der Waals surface area contributed by atoms with E-state index in [0.29, 0.717) is 6.42 Å². The van der Waals surface area contributed by atoms with Gasteiger partial charge in [0.15, 0.2) is 0 Å². The number of non-ortho nitro benzene ring substituents is 1. The van der Waals surface area contributed by atoms with Crippen molar-refractivity contribution >= 4 is 34.0 Å². The Morgan fingerprint density at radius 1 is 1.53 bits per heavy atom. The lowest BCUT2D eigenvalue weighted by Crippen LogP contribution is -2.26. The lowest BCUT2D eigenvalue weighted by Gasteiger charge is -2.19. The highest BCUT2D eigenvalue weighted by Gasteiger charge is 2.23. The number of aliphatic hydroxyl groups excluding tert-OH is 1. The summed E-state index contributed by atoms with van der Waals surface area (Å²) in [7, 11) is 0. The van der Waals surface area contributed by atoms with Crippen LogP contribution in [-0.2, 0) is 0 Å². The Hall–Kier alpha value is -0.890. The Kier molecular flexibility index (Phi) is 7.28. The normalized spacial score (nSPS) is 13.5. The molecule has 0 unspecified atom stereocenters. The van der Waals surface area contributed by atoms with Gasteiger partial charge in [0.2, 0.25) is 0 Å². The summed E-state index contributed by atoms with van der Waals surface area (Å²) in [6.07, 6.45) is 0.335. The Bertz CT molecular complexity index is 459. The summed E-state index contributed by atoms with van der Waals surface area (Å²) < 4.78 is 0.186. The number of halogens is 2. The molecule has 2 atom stereocenters. The minimum absolute atomic E-state index is 0. The zero-order valence-electron chi connectivity index (χ0n) is 10.2. The van der Waals surface area contributed by atoms with Crippen LogP contribution in [0.5, 0.6) is 5.75 Å². The summed E-state index contributed by atoms with van der Waals surface area (Å²) in [5, 5.41) is 30.4. The van der Waals surface area contributed by atoms with Gasteiger partial charge in [0, 0.05) is 17.7 Å². The molecule has 1 aromatic carbocycles. The first-order valence-electron chi connectivity index (χ1n) is 5.48. The predicted molar refractivity (Wildman–Crippen MR) is 77.6 cm³/mol. The number of nitrogens with two attached hydrogens (primary N) is 1. The van der Waals surface area contributed by atoms with Crippen molar-refractivity contribution in [2.45, 2.75) is 31.9 Å². The number of phenolic OH excluding ortho intramolecular Hbond substituents is 1. The Morgan fingerprint density at radius 3 is 2.58 bits per heavy atom. The van der Waals surface area contributed by atoms with Crippen LogP contribution in [0.25, 0.3) is 0 Å². The van der Waals surface area contributed by atoms with Crippen LogP contribution in [0.4, 0.5) is 5.69 Å². The molecule has 6 nitrogen and oxygen atoms in total. The quantitative estimate of drug-likeness (QED) is 0.555. The summed E-state index contributed by atoms with van der Waals surface area (Å²) in [5.74, 6) is -0.178. The van der Waals surface area contributed by atoms with Crippen LogP contribution in [0.3, 0.4) is 0 Å². The van der Waals surface area contributed by atoms with Crippen LogP contribution in [0.15, 0.2) is 16.6 Å². The molecule has 0 aliphatic heterocycles. The molecular weight excluding hydrogens is 339 g/mol. The molecule has 1 aromatic rings. The highest BCUT2D eigenvalue weighted by Crippen LogP contribution is 2.36. The first kappa shape index (κ1) is 18.1. The van der Waals surface area contributed by atoms with E-state index >= 15 is 0 Å². The second-order valence-electron chi connectivity index (χ2n) is 4.00. The molecule has 4 N–H and O–H groups in total. The Balaban J connectivity index is 0.00000324. The van der Waals surface area contributed by atoms with Crippen molar-refractivity contribution in [3.05, 3.63) is 32.3 Å². The van der Waals surface area contributed by atoms with Gasteiger partial charge in [-0.25, -0.2) is 0 Å². The highest BCUT2D eigenvalue weighted by atomic mass is 79.9. The van der Waals surface area contributed by atoms with Gasteiger partial charge in [-0.05, 0) is 22.4 Å². The van der Waals surface area contributed by atoms with Crippen LogP contribution in [0.2, 0.25) is 0 Å². The maximum Gasteiger partial charge on any atom is 0.271 e. The lowest BCUT2D eigenvalue weighted by atomic mass is 9.98. The fraction of sp³-hybridized carbons (Fsp3) is 0.455. The number of nitrogens with zero attached hydrogens (tertiary/aromatic N) is 1. The second kappa shape index (κ2) is 7.64. The molecule has 0 heterocycles. The van der Waals surface area contributed by atoms with Gasteiger partial charge in [0.1, 0.15) is 5.75 Å². The Labute approximate surface area is 125 Å². The Morgan fingerprint density at radius 2 is 2.11 bits per heavy atom. The van der Waals surface area contributed by atoms with E-state index < -0.39 is 17.1 Å². The number of rotatable bonds is 5. The molecule has 0 amide bonds. The van der Waals surface area contributed by atoms with Gasteiger partial charge in [-0.3, -0.25) is 10.1 Å². The molecular formula is C11H16BrClN2O4. The first-order valence-corrected chi connectivity index (χ1v) is 6.28. The average Bonchev–Trinajstić information content (AvgIpc) is 2.31. The number of nitro groups is 1. The van der Waals surface area contributed by atoms with Crippen LogP contribution in [0, 0.1) is 10.1 Å². The minimum Gasteiger partial charge on any atom is -0.506 e. The van der Waals surface area contributed by atoms with Crippen molar-refractivity contribution in [1.82, 2.24) is 0 Å². The van der Waals surface area contributed by atoms with Crippen LogP contribution in [0.1, 0.15) is 31.4 Å². The molecule has 108 valence electrons. The summed E-state index contributed by atoms with van der Waals surface area (Å²) >= 11 is 3.03. The van der Waals surface area contributed by atoms with Gasteiger partial charge in [-0.2, -0.15) is 0 Å². The van der Waals surface area contributed by atoms with E-state index in [1.165, 1.54) is 12.1 Å². The summed E-state index contributed by atoms with van der Waals surface area (Å²) in [6, 6.07) is 1.52. The number of hydrogen-bond donors (Lipinski definition) is 3. The number of aliphatic hydroxyl groups is 1. The third-order valence-electron chi connectivity index (χ3n) is 2.65. The van der Waals surface area contributed by atoms with E-state index in [9.17, 15) is 20.3 Å². The third-order valence-corrected chi connectivity index (χ3v) is 3.25. The highest BCUT2D eigenvalue weighted by molar-refractivity contribution is 9.10. The first-order chi connectivity index (χ1) is 8.38. The molecule has 0 radical (unpaired) electrons. The SMILES string of the molecule is CCC[C@@H](O)[C@@H](N)c1cc([N+](=O)[O-])cc(Br)c1O.Cl. The fourth-order valence-corrected chi connectivity index (χ4v) is 2.11. The molecule has 8 heteroatoms. The van der Waals surface area contributed by atoms with E-state index in [4.69, 9.17) is 5.73 Å².